The van der Waals surface area contributed by atoms with Crippen LogP contribution in [0, 0.1) is 38.2 Å². The Labute approximate surface area is 64.5 Å². The summed E-state index contributed by atoms with van der Waals surface area (Å²) in [4.78, 5) is 8.44. The van der Waals surface area contributed by atoms with Gasteiger partial charge in [0.15, 0.2) is 0 Å². The average molecular weight is 240 g/mol. The zero-order valence-electron chi connectivity index (χ0n) is 2.49. The van der Waals surface area contributed by atoms with Crippen LogP contribution in [0.1, 0.15) is 0 Å². The maximum atomic E-state index is 8.44. The maximum Gasteiger partial charge on any atom is 3.00 e. The first-order valence-electron chi connectivity index (χ1n) is 0.632. The molecule has 1 radical (unpaired) electrons. The van der Waals surface area contributed by atoms with Crippen LogP contribution in [0.5, 0.6) is 0 Å². The van der Waals surface area contributed by atoms with E-state index < -0.39 is 6.16 Å². The molecule has 0 aromatic carbocycles. The van der Waals surface area contributed by atoms with Gasteiger partial charge in [-0.15, -0.1) is 0 Å². The zero-order valence-corrected chi connectivity index (χ0v) is 4.52. The van der Waals surface area contributed by atoms with Gasteiger partial charge < -0.3 is 20.5 Å². The summed E-state index contributed by atoms with van der Waals surface area (Å²) >= 11 is 0. The molecule has 0 unspecified atom stereocenters. The monoisotopic (exact) mass is 241 g/mol. The molecular formula is CHDyO4. The van der Waals surface area contributed by atoms with Gasteiger partial charge in [-0.25, -0.2) is 0 Å². The van der Waals surface area contributed by atoms with E-state index >= 15 is 0 Å². The Morgan fingerprint density at radius 1 is 1.67 bits per heavy atom. The van der Waals surface area contributed by atoms with Crippen molar-refractivity contribution in [2.24, 2.45) is 0 Å². The summed E-state index contributed by atoms with van der Waals surface area (Å²) in [7, 11) is 0. The molecule has 0 bridgehead atoms. The van der Waals surface area contributed by atoms with Crippen molar-refractivity contribution in [3.63, 3.8) is 0 Å². The number of rotatable bonds is 0. The third-order valence-corrected chi connectivity index (χ3v) is 0. The molecule has 0 fully saturated rings. The molecule has 4 nitrogen and oxygen atoms in total. The van der Waals surface area contributed by atoms with Crippen molar-refractivity contribution < 1.29 is 58.7 Å². The van der Waals surface area contributed by atoms with Gasteiger partial charge in [-0.3, -0.25) is 0 Å². The molecule has 6 heavy (non-hydrogen) atoms. The first kappa shape index (κ1) is 16.0. The summed E-state index contributed by atoms with van der Waals surface area (Å²) in [6.45, 7) is 0. The molecule has 5 heteroatoms. The van der Waals surface area contributed by atoms with Crippen LogP contribution < -0.4 is 5.11 Å². The number of carbonyl (C=O) groups is 1. The molecule has 0 amide bonds. The van der Waals surface area contributed by atoms with Gasteiger partial charge >= 0.3 is 38.2 Å². The van der Waals surface area contributed by atoms with E-state index in [1.54, 1.807) is 0 Å². The van der Waals surface area contributed by atoms with E-state index in [0.717, 1.165) is 0 Å². The van der Waals surface area contributed by atoms with Gasteiger partial charge in [-0.05, 0) is 0 Å². The van der Waals surface area contributed by atoms with Gasteiger partial charge in [0.1, 0.15) is 0 Å². The van der Waals surface area contributed by atoms with Crippen molar-refractivity contribution in [2.45, 2.75) is 0 Å². The summed E-state index contributed by atoms with van der Waals surface area (Å²) in [5.74, 6) is 0. The first-order valence-corrected chi connectivity index (χ1v) is 0.632. The number of carboxylic acid groups (broad SMARTS) is 2. The topological polar surface area (TPSA) is 88.9 Å². The van der Waals surface area contributed by atoms with Crippen LogP contribution >= 0.6 is 0 Å². The van der Waals surface area contributed by atoms with Gasteiger partial charge in [0.2, 0.25) is 6.16 Å². The summed E-state index contributed by atoms with van der Waals surface area (Å²) in [6, 6.07) is 0. The van der Waals surface area contributed by atoms with Crippen molar-refractivity contribution in [3.05, 3.63) is 0 Å². The third kappa shape index (κ3) is 219. The molecule has 0 aliphatic rings. The van der Waals surface area contributed by atoms with Crippen molar-refractivity contribution in [2.75, 3.05) is 0 Å². The Bertz CT molecular complexity index is 30.5. The fourth-order valence-corrected chi connectivity index (χ4v) is 0. The molecule has 39 valence electrons. The standard InChI is InChI=1S/CH2O3.Dy.O/c2-1(3)4;;/h(H2,2,3,4);;/q;+3;-2/p-1. The van der Waals surface area contributed by atoms with Crippen LogP contribution in [0.2, 0.25) is 0 Å². The Kier molecular flexibility index (Phi) is 24.3. The molecule has 0 atom stereocenters. The molecule has 0 rings (SSSR count). The predicted molar refractivity (Wildman–Crippen MR) is 8.71 cm³/mol. The first-order chi connectivity index (χ1) is 1.73. The van der Waals surface area contributed by atoms with Crippen molar-refractivity contribution in [3.8, 4) is 0 Å². The van der Waals surface area contributed by atoms with Gasteiger partial charge in [0.05, 0.1) is 0 Å². The van der Waals surface area contributed by atoms with E-state index in [1.807, 2.05) is 0 Å². The summed E-state index contributed by atoms with van der Waals surface area (Å²) < 4.78 is 0. The Balaban J connectivity index is -0.0000000450. The second-order valence-electron chi connectivity index (χ2n) is 0.266. The SMILES string of the molecule is O=C([O-])O.[Dy+3].[O-2]. The van der Waals surface area contributed by atoms with Crippen LogP contribution in [-0.2, 0) is 5.48 Å². The molecule has 0 aromatic heterocycles. The minimum absolute atomic E-state index is 0. The fourth-order valence-electron chi connectivity index (χ4n) is 0. The van der Waals surface area contributed by atoms with Crippen LogP contribution in [0.4, 0.5) is 4.79 Å². The smallest absolute Gasteiger partial charge is 2.00 e. The third-order valence-electron chi connectivity index (χ3n) is 0. The van der Waals surface area contributed by atoms with E-state index in [4.69, 9.17) is 15.0 Å². The Hall–Kier alpha value is 0.503. The minimum atomic E-state index is -2.08. The molecule has 0 saturated heterocycles. The maximum absolute atomic E-state index is 8.44. The number of hydrogen-bond donors (Lipinski definition) is 1. The molecule has 1 N–H and O–H groups in total. The number of hydrogen-bond acceptors (Lipinski definition) is 2. The summed E-state index contributed by atoms with van der Waals surface area (Å²) in [5.41, 5.74) is 0. The Morgan fingerprint density at radius 3 is 1.67 bits per heavy atom. The second-order valence-corrected chi connectivity index (χ2v) is 0.266. The van der Waals surface area contributed by atoms with Crippen LogP contribution in [-0.4, -0.2) is 11.3 Å². The zero-order chi connectivity index (χ0) is 3.58. The molecule has 0 aliphatic carbocycles. The van der Waals surface area contributed by atoms with Crippen LogP contribution in [0.25, 0.3) is 0 Å². The van der Waals surface area contributed by atoms with E-state index in [1.165, 1.54) is 0 Å². The van der Waals surface area contributed by atoms with Gasteiger partial charge in [0.25, 0.3) is 0 Å². The molecule has 0 aliphatic heterocycles. The van der Waals surface area contributed by atoms with Gasteiger partial charge in [-0.2, -0.15) is 0 Å². The van der Waals surface area contributed by atoms with Crippen molar-refractivity contribution >= 4 is 6.16 Å². The molecule has 0 saturated carbocycles. The van der Waals surface area contributed by atoms with Crippen LogP contribution in [0.15, 0.2) is 0 Å². The molecule has 0 spiro atoms. The van der Waals surface area contributed by atoms with Crippen molar-refractivity contribution in [1.29, 1.82) is 0 Å². The molecule has 0 aromatic rings. The Morgan fingerprint density at radius 2 is 1.67 bits per heavy atom. The quantitative estimate of drug-likeness (QED) is 0.574. The average Bonchev–Trinajstić information content (AvgIpc) is 0.811. The minimum Gasteiger partial charge on any atom is -2.00 e. The van der Waals surface area contributed by atoms with Crippen molar-refractivity contribution in [1.82, 2.24) is 0 Å². The van der Waals surface area contributed by atoms with Gasteiger partial charge in [-0.1, -0.05) is 0 Å². The van der Waals surface area contributed by atoms with Gasteiger partial charge in [0, 0.05) is 0 Å². The predicted octanol–water partition coefficient (Wildman–Crippen LogP) is -1.23. The van der Waals surface area contributed by atoms with E-state index in [2.05, 4.69) is 0 Å². The molecular weight excluding hydrogens is 239 g/mol. The normalized spacial score (nSPS) is 4.00. The van der Waals surface area contributed by atoms with Crippen LogP contribution in [0.3, 0.4) is 0 Å². The largest absolute Gasteiger partial charge is 3.00 e. The summed E-state index contributed by atoms with van der Waals surface area (Å²) in [6.07, 6.45) is -2.08. The van der Waals surface area contributed by atoms with E-state index in [0.29, 0.717) is 0 Å². The van der Waals surface area contributed by atoms with E-state index in [9.17, 15) is 0 Å². The second kappa shape index (κ2) is 9.09. The van der Waals surface area contributed by atoms with E-state index in [-0.39, 0.29) is 43.6 Å². The molecule has 0 heterocycles. The summed E-state index contributed by atoms with van der Waals surface area (Å²) in [5, 5.41) is 15.3. The fraction of sp³-hybridized carbons (Fsp3) is 0.